The van der Waals surface area contributed by atoms with Gasteiger partial charge in [-0.25, -0.2) is 4.79 Å². The fourth-order valence-electron chi connectivity index (χ4n) is 2.38. The van der Waals surface area contributed by atoms with Crippen LogP contribution in [0.4, 0.5) is 5.69 Å². The Morgan fingerprint density at radius 2 is 2.05 bits per heavy atom. The van der Waals surface area contributed by atoms with Gasteiger partial charge < -0.3 is 15.0 Å². The zero-order valence-electron chi connectivity index (χ0n) is 11.7. The molecule has 21 heavy (non-hydrogen) atoms. The van der Waals surface area contributed by atoms with Crippen molar-refractivity contribution in [1.29, 1.82) is 0 Å². The Bertz CT molecular complexity index is 777. The van der Waals surface area contributed by atoms with Crippen molar-refractivity contribution >= 4 is 22.6 Å². The average Bonchev–Trinajstić information content (AvgIpc) is 3.01. The van der Waals surface area contributed by atoms with Crippen LogP contribution in [0.2, 0.25) is 0 Å². The number of anilines is 1. The minimum Gasteiger partial charge on any atom is -0.465 e. The molecule has 2 aromatic carbocycles. The van der Waals surface area contributed by atoms with Crippen LogP contribution in [0.5, 0.6) is 0 Å². The number of rotatable bonds is 4. The molecule has 4 nitrogen and oxygen atoms in total. The summed E-state index contributed by atoms with van der Waals surface area (Å²) in [7, 11) is 1.38. The predicted octanol–water partition coefficient (Wildman–Crippen LogP) is 3.57. The Labute approximate surface area is 122 Å². The van der Waals surface area contributed by atoms with Crippen molar-refractivity contribution in [2.75, 3.05) is 12.4 Å². The van der Waals surface area contributed by atoms with Gasteiger partial charge in [-0.3, -0.25) is 0 Å². The second-order valence-corrected chi connectivity index (χ2v) is 4.78. The van der Waals surface area contributed by atoms with Crippen LogP contribution in [0, 0.1) is 0 Å². The maximum absolute atomic E-state index is 11.5. The number of H-pyrrole nitrogens is 1. The van der Waals surface area contributed by atoms with Crippen molar-refractivity contribution in [1.82, 2.24) is 4.98 Å². The van der Waals surface area contributed by atoms with Crippen LogP contribution in [0.1, 0.15) is 15.9 Å². The molecule has 0 amide bonds. The van der Waals surface area contributed by atoms with Gasteiger partial charge in [0.05, 0.1) is 12.7 Å². The molecule has 0 aliphatic heterocycles. The summed E-state index contributed by atoms with van der Waals surface area (Å²) in [5, 5.41) is 4.54. The molecule has 3 rings (SSSR count). The van der Waals surface area contributed by atoms with Gasteiger partial charge in [0.2, 0.25) is 0 Å². The summed E-state index contributed by atoms with van der Waals surface area (Å²) in [6.45, 7) is 0.694. The molecule has 0 aliphatic carbocycles. The zero-order chi connectivity index (χ0) is 14.7. The maximum atomic E-state index is 11.5. The number of methoxy groups -OCH3 is 1. The highest BCUT2D eigenvalue weighted by molar-refractivity contribution is 5.90. The summed E-state index contributed by atoms with van der Waals surface area (Å²) in [6.07, 6.45) is 1.94. The van der Waals surface area contributed by atoms with Gasteiger partial charge in [-0.1, -0.05) is 18.2 Å². The first kappa shape index (κ1) is 13.2. The lowest BCUT2D eigenvalue weighted by molar-refractivity contribution is 0.0601. The Kier molecular flexibility index (Phi) is 3.60. The molecule has 0 unspecified atom stereocenters. The molecule has 0 bridgehead atoms. The smallest absolute Gasteiger partial charge is 0.337 e. The van der Waals surface area contributed by atoms with Crippen molar-refractivity contribution in [2.24, 2.45) is 0 Å². The van der Waals surface area contributed by atoms with Gasteiger partial charge in [-0.05, 0) is 35.9 Å². The van der Waals surface area contributed by atoms with E-state index in [0.29, 0.717) is 12.1 Å². The third-order valence-corrected chi connectivity index (χ3v) is 3.45. The number of benzene rings is 2. The number of nitrogens with one attached hydrogen (secondary N) is 2. The van der Waals surface area contributed by atoms with E-state index in [-0.39, 0.29) is 5.97 Å². The zero-order valence-corrected chi connectivity index (χ0v) is 11.7. The molecule has 0 atom stereocenters. The van der Waals surface area contributed by atoms with Crippen LogP contribution in [-0.4, -0.2) is 18.1 Å². The minimum absolute atomic E-state index is 0.327. The van der Waals surface area contributed by atoms with Gasteiger partial charge in [0.25, 0.3) is 0 Å². The summed E-state index contributed by atoms with van der Waals surface area (Å²) >= 11 is 0. The van der Waals surface area contributed by atoms with E-state index in [2.05, 4.69) is 28.5 Å². The third-order valence-electron chi connectivity index (χ3n) is 3.45. The van der Waals surface area contributed by atoms with Crippen molar-refractivity contribution in [3.8, 4) is 0 Å². The molecule has 1 heterocycles. The lowest BCUT2D eigenvalue weighted by atomic mass is 10.1. The van der Waals surface area contributed by atoms with E-state index in [9.17, 15) is 4.79 Å². The molecule has 0 fully saturated rings. The Balaban J connectivity index is 1.79. The molecule has 106 valence electrons. The van der Waals surface area contributed by atoms with E-state index >= 15 is 0 Å². The molecule has 0 spiro atoms. The number of carbonyl (C=O) groups is 1. The summed E-state index contributed by atoms with van der Waals surface area (Å²) in [5.41, 5.74) is 3.77. The van der Waals surface area contributed by atoms with Gasteiger partial charge in [0.1, 0.15) is 0 Å². The van der Waals surface area contributed by atoms with Crippen LogP contribution in [0.25, 0.3) is 10.9 Å². The molecular formula is C17H16N2O2. The topological polar surface area (TPSA) is 54.1 Å². The van der Waals surface area contributed by atoms with Gasteiger partial charge in [-0.2, -0.15) is 0 Å². The number of hydrogen-bond donors (Lipinski definition) is 2. The molecular weight excluding hydrogens is 264 g/mol. The Hall–Kier alpha value is -2.75. The van der Waals surface area contributed by atoms with Crippen molar-refractivity contribution < 1.29 is 9.53 Å². The summed E-state index contributed by atoms with van der Waals surface area (Å²) in [5.74, 6) is -0.327. The molecule has 1 aromatic heterocycles. The molecule has 3 aromatic rings. The Morgan fingerprint density at radius 3 is 2.90 bits per heavy atom. The fourth-order valence-corrected chi connectivity index (χ4v) is 2.38. The first-order chi connectivity index (χ1) is 10.3. The second-order valence-electron chi connectivity index (χ2n) is 4.78. The first-order valence-corrected chi connectivity index (χ1v) is 6.75. The van der Waals surface area contributed by atoms with E-state index in [4.69, 9.17) is 4.74 Å². The highest BCUT2D eigenvalue weighted by atomic mass is 16.5. The van der Waals surface area contributed by atoms with Crippen LogP contribution in [0.3, 0.4) is 0 Å². The summed E-state index contributed by atoms with van der Waals surface area (Å²) in [6, 6.07) is 15.5. The molecule has 0 saturated heterocycles. The Morgan fingerprint density at radius 1 is 1.19 bits per heavy atom. The number of esters is 1. The fraction of sp³-hybridized carbons (Fsp3) is 0.118. The maximum Gasteiger partial charge on any atom is 0.337 e. The van der Waals surface area contributed by atoms with Crippen LogP contribution in [-0.2, 0) is 11.3 Å². The van der Waals surface area contributed by atoms with Crippen LogP contribution >= 0.6 is 0 Å². The van der Waals surface area contributed by atoms with Gasteiger partial charge in [0, 0.05) is 29.3 Å². The molecule has 2 N–H and O–H groups in total. The van der Waals surface area contributed by atoms with Crippen molar-refractivity contribution in [2.45, 2.75) is 6.54 Å². The average molecular weight is 280 g/mol. The van der Waals surface area contributed by atoms with Crippen molar-refractivity contribution in [3.63, 3.8) is 0 Å². The second kappa shape index (κ2) is 5.71. The predicted molar refractivity (Wildman–Crippen MR) is 83.4 cm³/mol. The standard InChI is InChI=1S/C17H16N2O2/c1-21-17(20)12-4-2-6-14(10-12)19-11-13-5-3-7-16-15(13)8-9-18-16/h2-10,18-19H,11H2,1H3. The lowest BCUT2D eigenvalue weighted by Gasteiger charge is -2.09. The largest absolute Gasteiger partial charge is 0.465 e. The van der Waals surface area contributed by atoms with E-state index in [0.717, 1.165) is 11.2 Å². The first-order valence-electron chi connectivity index (χ1n) is 6.75. The summed E-state index contributed by atoms with van der Waals surface area (Å²) < 4.78 is 4.73. The number of hydrogen-bond acceptors (Lipinski definition) is 3. The monoisotopic (exact) mass is 280 g/mol. The van der Waals surface area contributed by atoms with Gasteiger partial charge in [0.15, 0.2) is 0 Å². The number of ether oxygens (including phenoxy) is 1. The van der Waals surface area contributed by atoms with E-state index in [1.165, 1.54) is 18.1 Å². The van der Waals surface area contributed by atoms with E-state index in [1.54, 1.807) is 12.1 Å². The molecule has 0 aliphatic rings. The highest BCUT2D eigenvalue weighted by Crippen LogP contribution is 2.19. The summed E-state index contributed by atoms with van der Waals surface area (Å²) in [4.78, 5) is 14.7. The molecule has 0 saturated carbocycles. The quantitative estimate of drug-likeness (QED) is 0.718. The van der Waals surface area contributed by atoms with Crippen molar-refractivity contribution in [3.05, 3.63) is 65.9 Å². The number of carbonyl (C=O) groups excluding carboxylic acids is 1. The van der Waals surface area contributed by atoms with E-state index < -0.39 is 0 Å². The van der Waals surface area contributed by atoms with Gasteiger partial charge >= 0.3 is 5.97 Å². The van der Waals surface area contributed by atoms with E-state index in [1.807, 2.05) is 24.4 Å². The highest BCUT2D eigenvalue weighted by Gasteiger charge is 2.06. The number of fused-ring (bicyclic) bond motifs is 1. The van der Waals surface area contributed by atoms with Crippen LogP contribution in [0.15, 0.2) is 54.7 Å². The number of aromatic nitrogens is 1. The van der Waals surface area contributed by atoms with Gasteiger partial charge in [-0.15, -0.1) is 0 Å². The lowest BCUT2D eigenvalue weighted by Crippen LogP contribution is -2.04. The number of aromatic amines is 1. The van der Waals surface area contributed by atoms with Crippen LogP contribution < -0.4 is 5.32 Å². The minimum atomic E-state index is -0.327. The normalized spacial score (nSPS) is 10.5. The molecule has 0 radical (unpaired) electrons. The third kappa shape index (κ3) is 2.74. The molecule has 4 heteroatoms. The SMILES string of the molecule is COC(=O)c1cccc(NCc2cccc3[nH]ccc23)c1.